The summed E-state index contributed by atoms with van der Waals surface area (Å²) >= 11 is 0. The van der Waals surface area contributed by atoms with Crippen molar-refractivity contribution in [3.05, 3.63) is 52.6 Å². The SMILES string of the molecule is CCOC(=O)C1=C(C)OC(N)=C(C#N)C1c1cccc(OCCN(C)C)c1. The molecule has 0 amide bonds. The predicted octanol–water partition coefficient (Wildman–Crippen LogP) is 2.27. The number of ether oxygens (including phenoxy) is 3. The average molecular weight is 371 g/mol. The van der Waals surface area contributed by atoms with Crippen LogP contribution < -0.4 is 10.5 Å². The number of nitriles is 1. The lowest BCUT2D eigenvalue weighted by atomic mass is 9.83. The highest BCUT2D eigenvalue weighted by Gasteiger charge is 2.36. The number of rotatable bonds is 7. The van der Waals surface area contributed by atoms with Crippen molar-refractivity contribution in [2.45, 2.75) is 19.8 Å². The van der Waals surface area contributed by atoms with Crippen molar-refractivity contribution in [3.63, 3.8) is 0 Å². The molecule has 0 aromatic heterocycles. The third-order valence-corrected chi connectivity index (χ3v) is 4.10. The highest BCUT2D eigenvalue weighted by molar-refractivity contribution is 5.92. The number of benzene rings is 1. The third-order valence-electron chi connectivity index (χ3n) is 4.10. The van der Waals surface area contributed by atoms with E-state index in [4.69, 9.17) is 19.9 Å². The number of nitrogens with two attached hydrogens (primary N) is 1. The van der Waals surface area contributed by atoms with Gasteiger partial charge >= 0.3 is 5.97 Å². The van der Waals surface area contributed by atoms with Crippen molar-refractivity contribution in [1.82, 2.24) is 4.90 Å². The highest BCUT2D eigenvalue weighted by Crippen LogP contribution is 2.40. The summed E-state index contributed by atoms with van der Waals surface area (Å²) in [4.78, 5) is 14.5. The summed E-state index contributed by atoms with van der Waals surface area (Å²) in [7, 11) is 3.93. The number of carbonyl (C=O) groups excluding carboxylic acids is 1. The second kappa shape index (κ2) is 9.10. The molecule has 2 N–H and O–H groups in total. The Labute approximate surface area is 159 Å². The molecule has 1 heterocycles. The quantitative estimate of drug-likeness (QED) is 0.734. The van der Waals surface area contributed by atoms with Crippen LogP contribution in [0.2, 0.25) is 0 Å². The van der Waals surface area contributed by atoms with Gasteiger partial charge in [-0.2, -0.15) is 5.26 Å². The van der Waals surface area contributed by atoms with E-state index < -0.39 is 11.9 Å². The Bertz CT molecular complexity index is 806. The summed E-state index contributed by atoms with van der Waals surface area (Å²) in [6.07, 6.45) is 0. The summed E-state index contributed by atoms with van der Waals surface area (Å²) in [5.41, 5.74) is 7.06. The largest absolute Gasteiger partial charge is 0.492 e. The Hall–Kier alpha value is -2.98. The van der Waals surface area contributed by atoms with E-state index in [9.17, 15) is 10.1 Å². The van der Waals surface area contributed by atoms with Crippen LogP contribution in [0.1, 0.15) is 25.3 Å². The molecule has 0 spiro atoms. The molecule has 1 aromatic rings. The van der Waals surface area contributed by atoms with Gasteiger partial charge in [0.05, 0.1) is 18.1 Å². The van der Waals surface area contributed by atoms with Crippen LogP contribution in [-0.4, -0.2) is 44.7 Å². The molecule has 0 bridgehead atoms. The predicted molar refractivity (Wildman–Crippen MR) is 100 cm³/mol. The summed E-state index contributed by atoms with van der Waals surface area (Å²) in [5, 5.41) is 9.60. The Morgan fingerprint density at radius 3 is 2.78 bits per heavy atom. The summed E-state index contributed by atoms with van der Waals surface area (Å²) in [5.74, 6) is -0.224. The maximum absolute atomic E-state index is 12.5. The minimum atomic E-state index is -0.666. The Morgan fingerprint density at radius 2 is 2.15 bits per heavy atom. The van der Waals surface area contributed by atoms with Crippen molar-refractivity contribution in [3.8, 4) is 11.8 Å². The molecule has 144 valence electrons. The molecule has 7 heteroatoms. The van der Waals surface area contributed by atoms with Crippen LogP contribution in [0.3, 0.4) is 0 Å². The van der Waals surface area contributed by atoms with Gasteiger partial charge < -0.3 is 24.8 Å². The van der Waals surface area contributed by atoms with E-state index in [0.29, 0.717) is 23.7 Å². The zero-order valence-electron chi connectivity index (χ0n) is 16.1. The maximum Gasteiger partial charge on any atom is 0.338 e. The van der Waals surface area contributed by atoms with Crippen LogP contribution in [0, 0.1) is 11.3 Å². The Balaban J connectivity index is 2.42. The molecule has 0 fully saturated rings. The van der Waals surface area contributed by atoms with Gasteiger partial charge in [0, 0.05) is 6.54 Å². The summed E-state index contributed by atoms with van der Waals surface area (Å²) in [6.45, 7) is 4.87. The maximum atomic E-state index is 12.5. The van der Waals surface area contributed by atoms with Gasteiger partial charge in [0.2, 0.25) is 5.88 Å². The molecule has 1 aromatic carbocycles. The minimum Gasteiger partial charge on any atom is -0.492 e. The van der Waals surface area contributed by atoms with Crippen molar-refractivity contribution in [1.29, 1.82) is 5.26 Å². The van der Waals surface area contributed by atoms with E-state index in [2.05, 4.69) is 6.07 Å². The number of nitrogens with zero attached hydrogens (tertiary/aromatic N) is 2. The monoisotopic (exact) mass is 371 g/mol. The van der Waals surface area contributed by atoms with E-state index in [1.807, 2.05) is 43.3 Å². The Kier molecular flexibility index (Phi) is 6.85. The van der Waals surface area contributed by atoms with Crippen LogP contribution in [0.4, 0.5) is 0 Å². The first kappa shape index (κ1) is 20.3. The highest BCUT2D eigenvalue weighted by atomic mass is 16.5. The smallest absolute Gasteiger partial charge is 0.338 e. The third kappa shape index (κ3) is 4.80. The number of carbonyl (C=O) groups is 1. The van der Waals surface area contributed by atoms with Gasteiger partial charge in [-0.25, -0.2) is 4.79 Å². The fourth-order valence-corrected chi connectivity index (χ4v) is 2.82. The van der Waals surface area contributed by atoms with Crippen molar-refractivity contribution in [2.75, 3.05) is 33.9 Å². The zero-order valence-corrected chi connectivity index (χ0v) is 16.1. The van der Waals surface area contributed by atoms with Gasteiger partial charge in [-0.15, -0.1) is 0 Å². The molecule has 2 rings (SSSR count). The lowest BCUT2D eigenvalue weighted by Crippen LogP contribution is -2.25. The minimum absolute atomic E-state index is 0.00743. The molecule has 0 saturated carbocycles. The Morgan fingerprint density at radius 1 is 1.41 bits per heavy atom. The number of allylic oxidation sites excluding steroid dienone is 2. The lowest BCUT2D eigenvalue weighted by molar-refractivity contribution is -0.139. The molecule has 1 unspecified atom stereocenters. The van der Waals surface area contributed by atoms with Crippen molar-refractivity contribution < 1.29 is 19.0 Å². The first-order valence-corrected chi connectivity index (χ1v) is 8.72. The van der Waals surface area contributed by atoms with Crippen LogP contribution in [0.25, 0.3) is 0 Å². The van der Waals surface area contributed by atoms with Gasteiger partial charge in [-0.3, -0.25) is 0 Å². The summed E-state index contributed by atoms with van der Waals surface area (Å²) in [6, 6.07) is 9.35. The van der Waals surface area contributed by atoms with E-state index in [1.165, 1.54) is 0 Å². The van der Waals surface area contributed by atoms with Crippen LogP contribution in [0.5, 0.6) is 5.75 Å². The number of hydrogen-bond donors (Lipinski definition) is 1. The van der Waals surface area contributed by atoms with E-state index in [1.54, 1.807) is 13.8 Å². The van der Waals surface area contributed by atoms with Gasteiger partial charge in [0.15, 0.2) is 0 Å². The first-order chi connectivity index (χ1) is 12.9. The van der Waals surface area contributed by atoms with Crippen molar-refractivity contribution >= 4 is 5.97 Å². The molecule has 0 aliphatic carbocycles. The van der Waals surface area contributed by atoms with Crippen LogP contribution in [-0.2, 0) is 14.3 Å². The second-order valence-corrected chi connectivity index (χ2v) is 6.34. The van der Waals surface area contributed by atoms with E-state index >= 15 is 0 Å². The topological polar surface area (TPSA) is 97.8 Å². The van der Waals surface area contributed by atoms with Gasteiger partial charge in [-0.05, 0) is 45.6 Å². The number of likely N-dealkylation sites (N-methyl/N-ethyl adjacent to an activating group) is 1. The number of esters is 1. The molecule has 1 aliphatic rings. The second-order valence-electron chi connectivity index (χ2n) is 6.34. The van der Waals surface area contributed by atoms with E-state index in [0.717, 1.165) is 6.54 Å². The lowest BCUT2D eigenvalue weighted by Gasteiger charge is -2.27. The normalized spacial score (nSPS) is 16.8. The van der Waals surface area contributed by atoms with Crippen LogP contribution >= 0.6 is 0 Å². The fourth-order valence-electron chi connectivity index (χ4n) is 2.82. The molecule has 1 atom stereocenters. The molecule has 1 aliphatic heterocycles. The average Bonchev–Trinajstić information content (AvgIpc) is 2.61. The van der Waals surface area contributed by atoms with Crippen LogP contribution in [0.15, 0.2) is 47.1 Å². The van der Waals surface area contributed by atoms with Gasteiger partial charge in [0.25, 0.3) is 0 Å². The van der Waals surface area contributed by atoms with Gasteiger partial charge in [-0.1, -0.05) is 12.1 Å². The molecule has 7 nitrogen and oxygen atoms in total. The van der Waals surface area contributed by atoms with E-state index in [-0.39, 0.29) is 23.6 Å². The molecule has 0 saturated heterocycles. The standard InChI is InChI=1S/C20H25N3O4/c1-5-25-20(24)17-13(2)27-19(22)16(12-21)18(17)14-7-6-8-15(11-14)26-10-9-23(3)4/h6-8,11,18H,5,9-10,22H2,1-4H3. The molecule has 27 heavy (non-hydrogen) atoms. The zero-order chi connectivity index (χ0) is 20.0. The molecule has 0 radical (unpaired) electrons. The fraction of sp³-hybridized carbons (Fsp3) is 0.400. The summed E-state index contributed by atoms with van der Waals surface area (Å²) < 4.78 is 16.4. The first-order valence-electron chi connectivity index (χ1n) is 8.72. The molecular weight excluding hydrogens is 346 g/mol. The number of hydrogen-bond acceptors (Lipinski definition) is 7. The van der Waals surface area contributed by atoms with Crippen molar-refractivity contribution in [2.24, 2.45) is 5.73 Å². The van der Waals surface area contributed by atoms with Gasteiger partial charge in [0.1, 0.15) is 29.8 Å². The molecular formula is C20H25N3O4.